The molecule has 0 spiro atoms. The molecule has 0 saturated carbocycles. The normalized spacial score (nSPS) is 21.7. The number of halogens is 1. The summed E-state index contributed by atoms with van der Waals surface area (Å²) in [7, 11) is 0. The Kier molecular flexibility index (Phi) is 8.03. The van der Waals surface area contributed by atoms with Crippen molar-refractivity contribution < 1.29 is 4.74 Å². The maximum Gasteiger partial charge on any atom is 0.191 e. The van der Waals surface area contributed by atoms with Gasteiger partial charge in [-0.3, -0.25) is 0 Å². The minimum Gasteiger partial charge on any atom is -0.373 e. The van der Waals surface area contributed by atoms with Crippen molar-refractivity contribution in [3.63, 3.8) is 0 Å². The highest BCUT2D eigenvalue weighted by Gasteiger charge is 2.29. The van der Waals surface area contributed by atoms with Gasteiger partial charge in [0.05, 0.1) is 12.1 Å². The summed E-state index contributed by atoms with van der Waals surface area (Å²) in [6, 6.07) is 10.3. The fourth-order valence-corrected chi connectivity index (χ4v) is 2.34. The predicted octanol–water partition coefficient (Wildman–Crippen LogP) is 2.93. The molecule has 2 rings (SSSR count). The zero-order valence-electron chi connectivity index (χ0n) is 12.9. The molecule has 1 saturated heterocycles. The third-order valence-corrected chi connectivity index (χ3v) is 3.54. The average Bonchev–Trinajstić information content (AvgIpc) is 2.90. The summed E-state index contributed by atoms with van der Waals surface area (Å²) in [5, 5.41) is 6.66. The van der Waals surface area contributed by atoms with Gasteiger partial charge in [-0.2, -0.15) is 0 Å². The molecule has 1 unspecified atom stereocenters. The summed E-state index contributed by atoms with van der Waals surface area (Å²) in [4.78, 5) is 4.61. The van der Waals surface area contributed by atoms with Gasteiger partial charge in [-0.1, -0.05) is 30.3 Å². The molecule has 4 nitrogen and oxygen atoms in total. The van der Waals surface area contributed by atoms with E-state index in [2.05, 4.69) is 41.6 Å². The van der Waals surface area contributed by atoms with Crippen LogP contribution in [0.5, 0.6) is 0 Å². The largest absolute Gasteiger partial charge is 0.373 e. The molecule has 0 radical (unpaired) electrons. The molecule has 1 atom stereocenters. The highest BCUT2D eigenvalue weighted by molar-refractivity contribution is 14.0. The van der Waals surface area contributed by atoms with Gasteiger partial charge in [-0.25, -0.2) is 4.99 Å². The number of nitrogens with one attached hydrogen (secondary N) is 2. The van der Waals surface area contributed by atoms with Crippen molar-refractivity contribution in [2.75, 3.05) is 19.7 Å². The number of rotatable bonds is 5. The van der Waals surface area contributed by atoms with E-state index in [1.54, 1.807) is 0 Å². The van der Waals surface area contributed by atoms with Crippen LogP contribution in [0.3, 0.4) is 0 Å². The lowest BCUT2D eigenvalue weighted by Crippen LogP contribution is -2.45. The molecule has 1 aliphatic rings. The van der Waals surface area contributed by atoms with Gasteiger partial charge >= 0.3 is 0 Å². The summed E-state index contributed by atoms with van der Waals surface area (Å²) >= 11 is 0. The molecule has 1 fully saturated rings. The molecule has 1 aliphatic heterocycles. The van der Waals surface area contributed by atoms with Crippen LogP contribution in [0.25, 0.3) is 0 Å². The van der Waals surface area contributed by atoms with Gasteiger partial charge in [0.2, 0.25) is 0 Å². The van der Waals surface area contributed by atoms with Crippen molar-refractivity contribution >= 4 is 29.9 Å². The monoisotopic (exact) mass is 403 g/mol. The minimum absolute atomic E-state index is 0. The molecule has 2 N–H and O–H groups in total. The summed E-state index contributed by atoms with van der Waals surface area (Å²) in [6.07, 6.45) is 2.26. The summed E-state index contributed by atoms with van der Waals surface area (Å²) in [5.74, 6) is 0.855. The number of hydrogen-bond acceptors (Lipinski definition) is 2. The van der Waals surface area contributed by atoms with E-state index in [0.29, 0.717) is 6.54 Å². The SMILES string of the molecule is CCNC(=NCc1ccccc1)NCC1(C)CCCO1.I. The van der Waals surface area contributed by atoms with Crippen molar-refractivity contribution in [2.45, 2.75) is 38.8 Å². The maximum atomic E-state index is 5.79. The quantitative estimate of drug-likeness (QED) is 0.452. The van der Waals surface area contributed by atoms with Crippen molar-refractivity contribution in [1.82, 2.24) is 10.6 Å². The Morgan fingerprint density at radius 2 is 2.05 bits per heavy atom. The summed E-state index contributed by atoms with van der Waals surface area (Å²) < 4.78 is 5.79. The first kappa shape index (κ1) is 18.2. The fraction of sp³-hybridized carbons (Fsp3) is 0.562. The number of hydrogen-bond donors (Lipinski definition) is 2. The number of guanidine groups is 1. The van der Waals surface area contributed by atoms with Crippen molar-refractivity contribution in [2.24, 2.45) is 4.99 Å². The van der Waals surface area contributed by atoms with E-state index in [9.17, 15) is 0 Å². The van der Waals surface area contributed by atoms with E-state index < -0.39 is 0 Å². The molecule has 1 heterocycles. The molecule has 118 valence electrons. The van der Waals surface area contributed by atoms with Crippen LogP contribution in [-0.2, 0) is 11.3 Å². The van der Waals surface area contributed by atoms with Crippen LogP contribution in [0.1, 0.15) is 32.3 Å². The Labute approximate surface area is 144 Å². The van der Waals surface area contributed by atoms with Crippen LogP contribution in [0.15, 0.2) is 35.3 Å². The van der Waals surface area contributed by atoms with Crippen molar-refractivity contribution in [1.29, 1.82) is 0 Å². The lowest BCUT2D eigenvalue weighted by Gasteiger charge is -2.24. The maximum absolute atomic E-state index is 5.79. The van der Waals surface area contributed by atoms with Crippen LogP contribution < -0.4 is 10.6 Å². The lowest BCUT2D eigenvalue weighted by molar-refractivity contribution is 0.0243. The minimum atomic E-state index is -0.0526. The van der Waals surface area contributed by atoms with Crippen LogP contribution in [0.2, 0.25) is 0 Å². The van der Waals surface area contributed by atoms with Crippen molar-refractivity contribution in [3.8, 4) is 0 Å². The highest BCUT2D eigenvalue weighted by Crippen LogP contribution is 2.23. The average molecular weight is 403 g/mol. The van der Waals surface area contributed by atoms with Gasteiger partial charge in [-0.15, -0.1) is 24.0 Å². The van der Waals surface area contributed by atoms with Gasteiger partial charge in [-0.05, 0) is 32.3 Å². The lowest BCUT2D eigenvalue weighted by atomic mass is 10.0. The van der Waals surface area contributed by atoms with Crippen LogP contribution >= 0.6 is 24.0 Å². The topological polar surface area (TPSA) is 45.7 Å². The first-order chi connectivity index (χ1) is 9.72. The van der Waals surface area contributed by atoms with Crippen LogP contribution in [0.4, 0.5) is 0 Å². The molecule has 21 heavy (non-hydrogen) atoms. The van der Waals surface area contributed by atoms with Crippen LogP contribution in [0, 0.1) is 0 Å². The van der Waals surface area contributed by atoms with Gasteiger partial charge in [0.1, 0.15) is 0 Å². The molecule has 5 heteroatoms. The summed E-state index contributed by atoms with van der Waals surface area (Å²) in [5.41, 5.74) is 1.16. The van der Waals surface area contributed by atoms with Crippen molar-refractivity contribution in [3.05, 3.63) is 35.9 Å². The highest BCUT2D eigenvalue weighted by atomic mass is 127. The third-order valence-electron chi connectivity index (χ3n) is 3.54. The number of benzene rings is 1. The Bertz CT molecular complexity index is 430. The van der Waals surface area contributed by atoms with Gasteiger partial charge in [0, 0.05) is 19.7 Å². The Balaban J connectivity index is 0.00000220. The van der Waals surface area contributed by atoms with Crippen LogP contribution in [-0.4, -0.2) is 31.3 Å². The molecular formula is C16H26IN3O. The fourth-order valence-electron chi connectivity index (χ4n) is 2.34. The standard InChI is InChI=1S/C16H25N3O.HI/c1-3-17-15(18-12-14-8-5-4-6-9-14)19-13-16(2)10-7-11-20-16;/h4-6,8-9H,3,7,10-13H2,1-2H3,(H2,17,18,19);1H. The molecule has 0 aromatic heterocycles. The second-order valence-corrected chi connectivity index (χ2v) is 5.44. The number of aliphatic imine (C=N–C) groups is 1. The molecule has 0 aliphatic carbocycles. The molecule has 1 aromatic carbocycles. The first-order valence-corrected chi connectivity index (χ1v) is 7.42. The van der Waals surface area contributed by atoms with E-state index in [1.165, 1.54) is 5.56 Å². The zero-order valence-corrected chi connectivity index (χ0v) is 15.2. The van der Waals surface area contributed by atoms with E-state index in [4.69, 9.17) is 4.74 Å². The number of nitrogens with zero attached hydrogens (tertiary/aromatic N) is 1. The molecule has 0 amide bonds. The van der Waals surface area contributed by atoms with E-state index >= 15 is 0 Å². The Morgan fingerprint density at radius 1 is 1.29 bits per heavy atom. The second kappa shape index (κ2) is 9.25. The molecule has 0 bridgehead atoms. The smallest absolute Gasteiger partial charge is 0.191 e. The van der Waals surface area contributed by atoms with E-state index in [1.807, 2.05) is 18.2 Å². The van der Waals surface area contributed by atoms with Gasteiger partial charge < -0.3 is 15.4 Å². The van der Waals surface area contributed by atoms with E-state index in [-0.39, 0.29) is 29.6 Å². The van der Waals surface area contributed by atoms with E-state index in [0.717, 1.165) is 38.5 Å². The molecular weight excluding hydrogens is 377 g/mol. The zero-order chi connectivity index (χ0) is 14.3. The Hall–Kier alpha value is -0.820. The van der Waals surface area contributed by atoms with Gasteiger partial charge in [0.25, 0.3) is 0 Å². The third kappa shape index (κ3) is 6.22. The first-order valence-electron chi connectivity index (χ1n) is 7.42. The second-order valence-electron chi connectivity index (χ2n) is 5.44. The molecule has 1 aromatic rings. The van der Waals surface area contributed by atoms with Gasteiger partial charge in [0.15, 0.2) is 5.96 Å². The number of ether oxygens (including phenoxy) is 1. The predicted molar refractivity (Wildman–Crippen MR) is 98.3 cm³/mol. The summed E-state index contributed by atoms with van der Waals surface area (Å²) in [6.45, 7) is 7.46. The Morgan fingerprint density at radius 3 is 2.67 bits per heavy atom.